The minimum atomic E-state index is -0.548. The summed E-state index contributed by atoms with van der Waals surface area (Å²) in [5.74, 6) is 1.53. The number of methoxy groups -OCH3 is 1. The van der Waals surface area contributed by atoms with Crippen LogP contribution in [0, 0.1) is 5.92 Å². The lowest BCUT2D eigenvalue weighted by atomic mass is 10.1. The zero-order valence-electron chi connectivity index (χ0n) is 18.4. The molecule has 1 aromatic heterocycles. The number of nitrogens with one attached hydrogen (secondary N) is 1. The van der Waals surface area contributed by atoms with E-state index in [0.717, 1.165) is 12.1 Å². The van der Waals surface area contributed by atoms with Gasteiger partial charge in [0.15, 0.2) is 23.9 Å². The average molecular weight is 438 g/mol. The van der Waals surface area contributed by atoms with Gasteiger partial charge in [-0.3, -0.25) is 0 Å². The minimum absolute atomic E-state index is 0.0223. The van der Waals surface area contributed by atoms with Gasteiger partial charge in [-0.25, -0.2) is 4.79 Å². The van der Waals surface area contributed by atoms with E-state index in [1.165, 1.54) is 7.11 Å². The van der Waals surface area contributed by atoms with Gasteiger partial charge in [0, 0.05) is 5.69 Å². The molecule has 0 unspecified atom stereocenters. The van der Waals surface area contributed by atoms with E-state index < -0.39 is 5.97 Å². The molecule has 0 radical (unpaired) electrons. The highest BCUT2D eigenvalue weighted by Gasteiger charge is 2.14. The fourth-order valence-electron chi connectivity index (χ4n) is 2.74. The Hall–Kier alpha value is -3.88. The van der Waals surface area contributed by atoms with Gasteiger partial charge in [0.1, 0.15) is 0 Å². The van der Waals surface area contributed by atoms with Gasteiger partial charge in [-0.2, -0.15) is 15.0 Å². The Morgan fingerprint density at radius 1 is 1.06 bits per heavy atom. The van der Waals surface area contributed by atoms with Gasteiger partial charge >= 0.3 is 5.97 Å². The molecule has 168 valence electrons. The third-order valence-electron chi connectivity index (χ3n) is 4.41. The first-order valence-corrected chi connectivity index (χ1v) is 10.2. The van der Waals surface area contributed by atoms with E-state index in [1.807, 2.05) is 30.3 Å². The van der Waals surface area contributed by atoms with Crippen LogP contribution < -0.4 is 20.5 Å². The van der Waals surface area contributed by atoms with Crippen LogP contribution in [0.15, 0.2) is 48.5 Å². The lowest BCUT2D eigenvalue weighted by Gasteiger charge is -2.13. The standard InChI is InChI=1S/C23H27N5O4/c1-15(2)11-12-31-18-10-9-16(13-19(18)30-3)21(29)32-14-20-26-22(24)28-23(27-20)25-17-7-5-4-6-8-17/h4-10,13,15H,11-12,14H2,1-3H3,(H3,24,25,26,27,28). The number of anilines is 3. The van der Waals surface area contributed by atoms with Crippen molar-refractivity contribution in [3.8, 4) is 11.5 Å². The van der Waals surface area contributed by atoms with Crippen LogP contribution in [-0.4, -0.2) is 34.6 Å². The molecule has 32 heavy (non-hydrogen) atoms. The van der Waals surface area contributed by atoms with E-state index in [9.17, 15) is 4.79 Å². The Labute approximate surface area is 187 Å². The molecular formula is C23H27N5O4. The number of rotatable bonds is 10. The minimum Gasteiger partial charge on any atom is -0.493 e. The molecule has 3 aromatic rings. The van der Waals surface area contributed by atoms with Gasteiger partial charge in [0.25, 0.3) is 0 Å². The van der Waals surface area contributed by atoms with Crippen LogP contribution in [0.5, 0.6) is 11.5 Å². The first-order chi connectivity index (χ1) is 15.4. The van der Waals surface area contributed by atoms with Gasteiger partial charge in [-0.15, -0.1) is 0 Å². The zero-order chi connectivity index (χ0) is 22.9. The molecule has 0 spiro atoms. The number of ether oxygens (including phenoxy) is 3. The van der Waals surface area contributed by atoms with Crippen molar-refractivity contribution in [1.29, 1.82) is 0 Å². The lowest BCUT2D eigenvalue weighted by molar-refractivity contribution is 0.0461. The van der Waals surface area contributed by atoms with Crippen molar-refractivity contribution in [3.63, 3.8) is 0 Å². The number of hydrogen-bond acceptors (Lipinski definition) is 9. The molecule has 0 fully saturated rings. The second-order valence-electron chi connectivity index (χ2n) is 7.40. The van der Waals surface area contributed by atoms with Crippen molar-refractivity contribution >= 4 is 23.6 Å². The van der Waals surface area contributed by atoms with Crippen molar-refractivity contribution in [2.45, 2.75) is 26.9 Å². The van der Waals surface area contributed by atoms with Gasteiger partial charge in [0.2, 0.25) is 11.9 Å². The van der Waals surface area contributed by atoms with Crippen molar-refractivity contribution in [1.82, 2.24) is 15.0 Å². The number of para-hydroxylation sites is 1. The molecule has 0 saturated carbocycles. The summed E-state index contributed by atoms with van der Waals surface area (Å²) in [6.45, 7) is 4.66. The number of benzene rings is 2. The number of carbonyl (C=O) groups is 1. The maximum atomic E-state index is 12.5. The van der Waals surface area contributed by atoms with Crippen LogP contribution in [0.1, 0.15) is 36.5 Å². The molecule has 3 N–H and O–H groups in total. The number of nitrogens with two attached hydrogens (primary N) is 1. The van der Waals surface area contributed by atoms with E-state index in [2.05, 4.69) is 34.1 Å². The first kappa shape index (κ1) is 22.8. The molecule has 0 bridgehead atoms. The molecule has 0 atom stereocenters. The van der Waals surface area contributed by atoms with Crippen LogP contribution in [0.3, 0.4) is 0 Å². The summed E-state index contributed by atoms with van der Waals surface area (Å²) in [6, 6.07) is 14.3. The second-order valence-corrected chi connectivity index (χ2v) is 7.40. The Morgan fingerprint density at radius 3 is 2.56 bits per heavy atom. The molecule has 9 nitrogen and oxygen atoms in total. The van der Waals surface area contributed by atoms with Crippen molar-refractivity contribution in [2.75, 3.05) is 24.8 Å². The molecule has 0 aliphatic heterocycles. The van der Waals surface area contributed by atoms with Crippen LogP contribution in [0.25, 0.3) is 0 Å². The molecule has 0 saturated heterocycles. The fraction of sp³-hybridized carbons (Fsp3) is 0.304. The van der Waals surface area contributed by atoms with Gasteiger partial charge in [-0.05, 0) is 42.7 Å². The Bertz CT molecular complexity index is 1040. The third kappa shape index (κ3) is 6.56. The molecule has 0 aliphatic rings. The number of carbonyl (C=O) groups excluding carboxylic acids is 1. The molecular weight excluding hydrogens is 410 g/mol. The summed E-state index contributed by atoms with van der Waals surface area (Å²) in [6.07, 6.45) is 0.920. The number of esters is 1. The fourth-order valence-corrected chi connectivity index (χ4v) is 2.74. The summed E-state index contributed by atoms with van der Waals surface area (Å²) in [5.41, 5.74) is 6.89. The highest BCUT2D eigenvalue weighted by molar-refractivity contribution is 5.90. The Balaban J connectivity index is 1.63. The normalized spacial score (nSPS) is 10.6. The monoisotopic (exact) mass is 437 g/mol. The summed E-state index contributed by atoms with van der Waals surface area (Å²) in [5, 5.41) is 3.04. The number of aromatic nitrogens is 3. The maximum absolute atomic E-state index is 12.5. The highest BCUT2D eigenvalue weighted by atomic mass is 16.5. The summed E-state index contributed by atoms with van der Waals surface area (Å²) >= 11 is 0. The quantitative estimate of drug-likeness (QED) is 0.453. The number of nitrogens with zero attached hydrogens (tertiary/aromatic N) is 3. The van der Waals surface area contributed by atoms with Gasteiger partial charge in [-0.1, -0.05) is 32.0 Å². The zero-order valence-corrected chi connectivity index (χ0v) is 18.4. The van der Waals surface area contributed by atoms with E-state index in [-0.39, 0.29) is 24.3 Å². The van der Waals surface area contributed by atoms with E-state index in [4.69, 9.17) is 19.9 Å². The molecule has 3 rings (SSSR count). The average Bonchev–Trinajstić information content (AvgIpc) is 2.77. The molecule has 9 heteroatoms. The van der Waals surface area contributed by atoms with Crippen LogP contribution >= 0.6 is 0 Å². The molecule has 2 aromatic carbocycles. The maximum Gasteiger partial charge on any atom is 0.338 e. The lowest BCUT2D eigenvalue weighted by Crippen LogP contribution is -2.11. The largest absolute Gasteiger partial charge is 0.493 e. The van der Waals surface area contributed by atoms with E-state index in [0.29, 0.717) is 29.6 Å². The second kappa shape index (κ2) is 10.9. The molecule has 0 aliphatic carbocycles. The highest BCUT2D eigenvalue weighted by Crippen LogP contribution is 2.29. The third-order valence-corrected chi connectivity index (χ3v) is 4.41. The van der Waals surface area contributed by atoms with E-state index in [1.54, 1.807) is 18.2 Å². The summed E-state index contributed by atoms with van der Waals surface area (Å²) < 4.78 is 16.5. The van der Waals surface area contributed by atoms with Crippen LogP contribution in [-0.2, 0) is 11.3 Å². The van der Waals surface area contributed by atoms with Crippen molar-refractivity contribution < 1.29 is 19.0 Å². The SMILES string of the molecule is COc1cc(C(=O)OCc2nc(N)nc(Nc3ccccc3)n2)ccc1OCCC(C)C. The number of hydrogen-bond donors (Lipinski definition) is 2. The number of nitrogen functional groups attached to an aromatic ring is 1. The van der Waals surface area contributed by atoms with Crippen molar-refractivity contribution in [3.05, 3.63) is 59.9 Å². The predicted octanol–water partition coefficient (Wildman–Crippen LogP) is 3.99. The van der Waals surface area contributed by atoms with Crippen LogP contribution in [0.4, 0.5) is 17.6 Å². The van der Waals surface area contributed by atoms with Crippen molar-refractivity contribution in [2.24, 2.45) is 5.92 Å². The Kier molecular flexibility index (Phi) is 7.80. The van der Waals surface area contributed by atoms with E-state index >= 15 is 0 Å². The molecule has 1 heterocycles. The smallest absolute Gasteiger partial charge is 0.338 e. The predicted molar refractivity (Wildman–Crippen MR) is 121 cm³/mol. The first-order valence-electron chi connectivity index (χ1n) is 10.2. The summed E-state index contributed by atoms with van der Waals surface area (Å²) in [7, 11) is 1.52. The topological polar surface area (TPSA) is 121 Å². The van der Waals surface area contributed by atoms with Gasteiger partial charge < -0.3 is 25.3 Å². The van der Waals surface area contributed by atoms with Gasteiger partial charge in [0.05, 0.1) is 19.3 Å². The Morgan fingerprint density at radius 2 is 1.84 bits per heavy atom. The summed E-state index contributed by atoms with van der Waals surface area (Å²) in [4.78, 5) is 24.9. The molecule has 0 amide bonds. The van der Waals surface area contributed by atoms with Crippen LogP contribution in [0.2, 0.25) is 0 Å².